The highest BCUT2D eigenvalue weighted by Crippen LogP contribution is 2.33. The molecule has 0 fully saturated rings. The van der Waals surface area contributed by atoms with Crippen LogP contribution in [-0.4, -0.2) is 26.3 Å². The van der Waals surface area contributed by atoms with E-state index in [1.165, 1.54) is 16.4 Å². The zero-order chi connectivity index (χ0) is 14.8. The van der Waals surface area contributed by atoms with Gasteiger partial charge in [0.1, 0.15) is 0 Å². The molecule has 1 atom stereocenters. The van der Waals surface area contributed by atoms with Gasteiger partial charge in [-0.1, -0.05) is 31.9 Å². The van der Waals surface area contributed by atoms with Gasteiger partial charge in [-0.3, -0.25) is 0 Å². The number of hydrogen-bond donors (Lipinski definition) is 1. The maximum absolute atomic E-state index is 12.5. The van der Waals surface area contributed by atoms with Crippen molar-refractivity contribution in [3.05, 3.63) is 21.6 Å². The highest BCUT2D eigenvalue weighted by molar-refractivity contribution is 9.10. The monoisotopic (exact) mass is 368 g/mol. The first-order valence-corrected chi connectivity index (χ1v) is 8.52. The number of hydrogen-bond acceptors (Lipinski definition) is 3. The molecule has 0 amide bonds. The minimum Gasteiger partial charge on any atom is -0.398 e. The Labute approximate surface area is 128 Å². The summed E-state index contributed by atoms with van der Waals surface area (Å²) in [4.78, 5) is 0.100. The molecule has 1 unspecified atom stereocenters. The van der Waals surface area contributed by atoms with Crippen LogP contribution in [0.5, 0.6) is 0 Å². The van der Waals surface area contributed by atoms with Gasteiger partial charge in [-0.05, 0) is 34.0 Å². The fourth-order valence-electron chi connectivity index (χ4n) is 1.61. The molecule has 0 heterocycles. The Morgan fingerprint density at radius 1 is 1.47 bits per heavy atom. The van der Waals surface area contributed by atoms with Crippen LogP contribution in [-0.2, 0) is 10.0 Å². The third-order valence-corrected chi connectivity index (χ3v) is 6.20. The molecule has 0 spiro atoms. The molecule has 19 heavy (non-hydrogen) atoms. The molecule has 2 N–H and O–H groups in total. The van der Waals surface area contributed by atoms with Crippen molar-refractivity contribution in [1.82, 2.24) is 4.31 Å². The number of nitrogens with zero attached hydrogens (tertiary/aromatic N) is 1. The minimum atomic E-state index is -3.60. The topological polar surface area (TPSA) is 63.4 Å². The largest absolute Gasteiger partial charge is 0.398 e. The maximum Gasteiger partial charge on any atom is 0.244 e. The fraction of sp³-hybridized carbons (Fsp3) is 0.500. The summed E-state index contributed by atoms with van der Waals surface area (Å²) < 4.78 is 26.7. The van der Waals surface area contributed by atoms with Crippen molar-refractivity contribution < 1.29 is 8.42 Å². The third kappa shape index (κ3) is 3.84. The summed E-state index contributed by atoms with van der Waals surface area (Å²) in [5, 5.41) is 0.302. The van der Waals surface area contributed by atoms with Crippen LogP contribution in [0.3, 0.4) is 0 Å². The van der Waals surface area contributed by atoms with Crippen LogP contribution in [0.1, 0.15) is 20.3 Å². The summed E-state index contributed by atoms with van der Waals surface area (Å²) in [5.41, 5.74) is 6.04. The molecule has 0 aliphatic rings. The molecule has 1 rings (SSSR count). The van der Waals surface area contributed by atoms with E-state index in [4.69, 9.17) is 17.3 Å². The van der Waals surface area contributed by atoms with Crippen molar-refractivity contribution in [3.8, 4) is 0 Å². The van der Waals surface area contributed by atoms with Gasteiger partial charge < -0.3 is 5.73 Å². The molecule has 1 aromatic rings. The predicted molar refractivity (Wildman–Crippen MR) is 82.8 cm³/mol. The van der Waals surface area contributed by atoms with Gasteiger partial charge in [-0.15, -0.1) is 0 Å². The predicted octanol–water partition coefficient (Wildman–Crippen LogP) is 3.35. The van der Waals surface area contributed by atoms with Gasteiger partial charge in [0.25, 0.3) is 0 Å². The fourth-order valence-corrected chi connectivity index (χ4v) is 4.15. The molecule has 4 nitrogen and oxygen atoms in total. The molecule has 0 aliphatic heterocycles. The Kier molecular flexibility index (Phi) is 5.67. The van der Waals surface area contributed by atoms with Gasteiger partial charge in [0, 0.05) is 24.3 Å². The molecule has 0 aliphatic carbocycles. The molecule has 0 saturated carbocycles. The smallest absolute Gasteiger partial charge is 0.244 e. The normalized spacial score (nSPS) is 13.8. The summed E-state index contributed by atoms with van der Waals surface area (Å²) in [6.45, 7) is 4.49. The SMILES string of the molecule is CCC(C)CN(C)S(=O)(=O)c1cc(Cl)cc(N)c1Br. The molecule has 7 heteroatoms. The lowest BCUT2D eigenvalue weighted by atomic mass is 10.1. The van der Waals surface area contributed by atoms with Crippen LogP contribution in [0.2, 0.25) is 5.02 Å². The summed E-state index contributed by atoms with van der Waals surface area (Å²) in [6.07, 6.45) is 0.915. The van der Waals surface area contributed by atoms with E-state index in [1.807, 2.05) is 13.8 Å². The van der Waals surface area contributed by atoms with Gasteiger partial charge in [0.2, 0.25) is 10.0 Å². The van der Waals surface area contributed by atoms with Crippen LogP contribution >= 0.6 is 27.5 Å². The van der Waals surface area contributed by atoms with Crippen molar-refractivity contribution in [1.29, 1.82) is 0 Å². The van der Waals surface area contributed by atoms with Crippen LogP contribution < -0.4 is 5.73 Å². The summed E-state index contributed by atoms with van der Waals surface area (Å²) >= 11 is 9.09. The van der Waals surface area contributed by atoms with E-state index >= 15 is 0 Å². The van der Waals surface area contributed by atoms with E-state index in [0.29, 0.717) is 21.7 Å². The van der Waals surface area contributed by atoms with Crippen LogP contribution in [0.4, 0.5) is 5.69 Å². The number of rotatable bonds is 5. The van der Waals surface area contributed by atoms with Crippen molar-refractivity contribution in [2.75, 3.05) is 19.3 Å². The Balaban J connectivity index is 3.20. The molecule has 0 aromatic heterocycles. The standard InChI is InChI=1S/C12H18BrClN2O2S/c1-4-8(2)7-16(3)19(17,18)11-6-9(14)5-10(15)12(11)13/h5-6,8H,4,7,15H2,1-3H3. The number of benzene rings is 1. The van der Waals surface area contributed by atoms with Crippen LogP contribution in [0, 0.1) is 5.92 Å². The second-order valence-electron chi connectivity index (χ2n) is 4.61. The van der Waals surface area contributed by atoms with E-state index in [1.54, 1.807) is 7.05 Å². The van der Waals surface area contributed by atoms with Crippen molar-refractivity contribution >= 4 is 43.2 Å². The molecular formula is C12H18BrClN2O2S. The maximum atomic E-state index is 12.5. The zero-order valence-electron chi connectivity index (χ0n) is 11.2. The number of anilines is 1. The van der Waals surface area contributed by atoms with E-state index in [-0.39, 0.29) is 10.8 Å². The molecule has 0 radical (unpaired) electrons. The van der Waals surface area contributed by atoms with Crippen molar-refractivity contribution in [2.45, 2.75) is 25.2 Å². The van der Waals surface area contributed by atoms with Gasteiger partial charge in [0.05, 0.1) is 9.37 Å². The third-order valence-electron chi connectivity index (χ3n) is 2.99. The Morgan fingerprint density at radius 3 is 2.58 bits per heavy atom. The highest BCUT2D eigenvalue weighted by atomic mass is 79.9. The lowest BCUT2D eigenvalue weighted by Gasteiger charge is -2.21. The Bertz CT molecular complexity index is 563. The number of nitrogens with two attached hydrogens (primary N) is 1. The summed E-state index contributed by atoms with van der Waals surface area (Å²) in [6, 6.07) is 2.92. The lowest BCUT2D eigenvalue weighted by molar-refractivity contribution is 0.393. The van der Waals surface area contributed by atoms with Crippen LogP contribution in [0.15, 0.2) is 21.5 Å². The first-order chi connectivity index (χ1) is 8.70. The first-order valence-electron chi connectivity index (χ1n) is 5.91. The molecule has 108 valence electrons. The van der Waals surface area contributed by atoms with Gasteiger partial charge >= 0.3 is 0 Å². The number of nitrogen functional groups attached to an aromatic ring is 1. The van der Waals surface area contributed by atoms with E-state index < -0.39 is 10.0 Å². The summed E-state index contributed by atoms with van der Waals surface area (Å²) in [7, 11) is -2.04. The Morgan fingerprint density at radius 2 is 2.05 bits per heavy atom. The van der Waals surface area contributed by atoms with E-state index in [0.717, 1.165) is 6.42 Å². The average molecular weight is 370 g/mol. The minimum absolute atomic E-state index is 0.100. The van der Waals surface area contributed by atoms with Crippen LogP contribution in [0.25, 0.3) is 0 Å². The Hall–Kier alpha value is -0.300. The van der Waals surface area contributed by atoms with Gasteiger partial charge in [-0.25, -0.2) is 12.7 Å². The second kappa shape index (κ2) is 6.43. The van der Waals surface area contributed by atoms with Gasteiger partial charge in [-0.2, -0.15) is 0 Å². The lowest BCUT2D eigenvalue weighted by Crippen LogP contribution is -2.31. The second-order valence-corrected chi connectivity index (χ2v) is 7.85. The first kappa shape index (κ1) is 16.8. The molecule has 0 saturated heterocycles. The van der Waals surface area contributed by atoms with E-state index in [9.17, 15) is 8.42 Å². The van der Waals surface area contributed by atoms with Crippen molar-refractivity contribution in [3.63, 3.8) is 0 Å². The van der Waals surface area contributed by atoms with Crippen molar-refractivity contribution in [2.24, 2.45) is 5.92 Å². The average Bonchev–Trinajstić information content (AvgIpc) is 2.33. The number of sulfonamides is 1. The number of halogens is 2. The molecule has 0 bridgehead atoms. The molecular weight excluding hydrogens is 352 g/mol. The molecule has 1 aromatic carbocycles. The quantitative estimate of drug-likeness (QED) is 0.810. The highest BCUT2D eigenvalue weighted by Gasteiger charge is 2.25. The van der Waals surface area contributed by atoms with Gasteiger partial charge in [0.15, 0.2) is 0 Å². The zero-order valence-corrected chi connectivity index (χ0v) is 14.3. The summed E-state index contributed by atoms with van der Waals surface area (Å²) in [5.74, 6) is 0.287. The van der Waals surface area contributed by atoms with E-state index in [2.05, 4.69) is 15.9 Å².